The Morgan fingerprint density at radius 2 is 1.89 bits per heavy atom. The Morgan fingerprint density at radius 3 is 2.61 bits per heavy atom. The van der Waals surface area contributed by atoms with Crippen LogP contribution in [0.2, 0.25) is 0 Å². The Morgan fingerprint density at radius 1 is 1.14 bits per heavy atom. The van der Waals surface area contributed by atoms with Crippen LogP contribution in [0, 0.1) is 12.7 Å². The second-order valence-electron chi connectivity index (χ2n) is 5.97. The number of hydrogen-bond acceptors (Lipinski definition) is 6. The monoisotopic (exact) mass is 420 g/mol. The number of anilines is 1. The fourth-order valence-electron chi connectivity index (χ4n) is 2.37. The van der Waals surface area contributed by atoms with Crippen molar-refractivity contribution >= 4 is 32.4 Å². The zero-order valence-electron chi connectivity index (χ0n) is 14.8. The number of carbonyl (C=O) groups excluding carboxylic acids is 1. The molecule has 0 atom stereocenters. The van der Waals surface area contributed by atoms with E-state index in [-0.39, 0.29) is 21.8 Å². The number of aryl methyl sites for hydroxylation is 1. The second-order valence-corrected chi connectivity index (χ2v) is 8.89. The van der Waals surface area contributed by atoms with Crippen molar-refractivity contribution in [3.63, 3.8) is 0 Å². The predicted molar refractivity (Wildman–Crippen MR) is 104 cm³/mol. The molecule has 1 heterocycles. The standard InChI is InChI=1S/C18H17FN4O3S2/c1-12-3-2-4-14(11-12)16(24)21-17-22-23-18(27-17)28(25,26)20-10-9-13-5-7-15(19)8-6-13/h2-8,11,20H,9-10H2,1H3,(H,21,22,24). The minimum absolute atomic E-state index is 0.0883. The van der Waals surface area contributed by atoms with E-state index in [9.17, 15) is 17.6 Å². The van der Waals surface area contributed by atoms with E-state index in [2.05, 4.69) is 20.2 Å². The van der Waals surface area contributed by atoms with Crippen LogP contribution in [0.3, 0.4) is 0 Å². The van der Waals surface area contributed by atoms with Gasteiger partial charge in [0.1, 0.15) is 5.82 Å². The third-order valence-corrected chi connectivity index (χ3v) is 6.42. The number of nitrogens with one attached hydrogen (secondary N) is 2. The van der Waals surface area contributed by atoms with Gasteiger partial charge in [-0.05, 0) is 43.2 Å². The molecule has 0 aliphatic heterocycles. The van der Waals surface area contributed by atoms with Crippen molar-refractivity contribution in [2.75, 3.05) is 11.9 Å². The summed E-state index contributed by atoms with van der Waals surface area (Å²) in [5.74, 6) is -0.744. The Kier molecular flexibility index (Phi) is 6.12. The number of rotatable bonds is 7. The van der Waals surface area contributed by atoms with Gasteiger partial charge in [0.25, 0.3) is 15.9 Å². The highest BCUT2D eigenvalue weighted by atomic mass is 32.2. The topological polar surface area (TPSA) is 101 Å². The zero-order chi connectivity index (χ0) is 20.1. The largest absolute Gasteiger partial charge is 0.296 e. The summed E-state index contributed by atoms with van der Waals surface area (Å²) in [5, 5.41) is 10.00. The summed E-state index contributed by atoms with van der Waals surface area (Å²) in [6, 6.07) is 12.8. The Labute approximate surface area is 165 Å². The molecule has 0 aliphatic rings. The van der Waals surface area contributed by atoms with Gasteiger partial charge < -0.3 is 0 Å². The van der Waals surface area contributed by atoms with Crippen LogP contribution in [-0.4, -0.2) is 31.1 Å². The van der Waals surface area contributed by atoms with Crippen LogP contribution in [0.25, 0.3) is 0 Å². The first-order valence-corrected chi connectivity index (χ1v) is 10.6. The van der Waals surface area contributed by atoms with Crippen molar-refractivity contribution in [1.82, 2.24) is 14.9 Å². The van der Waals surface area contributed by atoms with Gasteiger partial charge in [-0.1, -0.05) is 41.2 Å². The molecule has 0 unspecified atom stereocenters. The highest BCUT2D eigenvalue weighted by molar-refractivity contribution is 7.91. The molecule has 0 radical (unpaired) electrons. The molecule has 10 heteroatoms. The van der Waals surface area contributed by atoms with Crippen LogP contribution in [0.4, 0.5) is 9.52 Å². The molecule has 0 spiro atoms. The number of carbonyl (C=O) groups is 1. The van der Waals surface area contributed by atoms with Crippen molar-refractivity contribution in [2.45, 2.75) is 17.7 Å². The van der Waals surface area contributed by atoms with E-state index in [0.29, 0.717) is 12.0 Å². The second kappa shape index (κ2) is 8.55. The molecular weight excluding hydrogens is 403 g/mol. The molecule has 0 bridgehead atoms. The van der Waals surface area contributed by atoms with E-state index in [1.165, 1.54) is 12.1 Å². The SMILES string of the molecule is Cc1cccc(C(=O)Nc2nnc(S(=O)(=O)NCCc3ccc(F)cc3)s2)c1. The maximum absolute atomic E-state index is 12.9. The smallest absolute Gasteiger partial charge is 0.269 e. The molecule has 2 aromatic carbocycles. The molecular formula is C18H17FN4O3S2. The minimum Gasteiger partial charge on any atom is -0.296 e. The number of sulfonamides is 1. The van der Waals surface area contributed by atoms with E-state index >= 15 is 0 Å². The van der Waals surface area contributed by atoms with E-state index in [4.69, 9.17) is 0 Å². The third kappa shape index (κ3) is 5.18. The predicted octanol–water partition coefficient (Wildman–Crippen LogP) is 2.76. The average molecular weight is 420 g/mol. The molecule has 0 aliphatic carbocycles. The van der Waals surface area contributed by atoms with Gasteiger partial charge in [0.2, 0.25) is 9.47 Å². The summed E-state index contributed by atoms with van der Waals surface area (Å²) in [6.45, 7) is 1.99. The summed E-state index contributed by atoms with van der Waals surface area (Å²) >= 11 is 0.761. The van der Waals surface area contributed by atoms with E-state index in [1.54, 1.807) is 30.3 Å². The lowest BCUT2D eigenvalue weighted by molar-refractivity contribution is 0.102. The van der Waals surface area contributed by atoms with Gasteiger partial charge in [-0.25, -0.2) is 17.5 Å². The van der Waals surface area contributed by atoms with Crippen molar-refractivity contribution in [1.29, 1.82) is 0 Å². The summed E-state index contributed by atoms with van der Waals surface area (Å²) in [7, 11) is -3.86. The molecule has 1 aromatic heterocycles. The zero-order valence-corrected chi connectivity index (χ0v) is 16.5. The fraction of sp³-hybridized carbons (Fsp3) is 0.167. The van der Waals surface area contributed by atoms with Gasteiger partial charge in [0, 0.05) is 12.1 Å². The molecule has 3 aromatic rings. The molecule has 0 saturated heterocycles. The average Bonchev–Trinajstić information content (AvgIpc) is 3.13. The lowest BCUT2D eigenvalue weighted by atomic mass is 10.1. The normalized spacial score (nSPS) is 11.4. The van der Waals surface area contributed by atoms with E-state index in [1.807, 2.05) is 13.0 Å². The molecule has 146 valence electrons. The van der Waals surface area contributed by atoms with Gasteiger partial charge in [-0.15, -0.1) is 10.2 Å². The fourth-order valence-corrected chi connectivity index (χ4v) is 4.33. The summed E-state index contributed by atoms with van der Waals surface area (Å²) in [5.41, 5.74) is 2.17. The maximum atomic E-state index is 12.9. The Bertz CT molecular complexity index is 1080. The highest BCUT2D eigenvalue weighted by Gasteiger charge is 2.20. The third-order valence-electron chi connectivity index (χ3n) is 3.76. The van der Waals surface area contributed by atoms with E-state index in [0.717, 1.165) is 22.5 Å². The number of aromatic nitrogens is 2. The Hall–Kier alpha value is -2.69. The lowest BCUT2D eigenvalue weighted by Gasteiger charge is -2.04. The quantitative estimate of drug-likeness (QED) is 0.573. The maximum Gasteiger partial charge on any atom is 0.269 e. The highest BCUT2D eigenvalue weighted by Crippen LogP contribution is 2.20. The van der Waals surface area contributed by atoms with Crippen LogP contribution in [0.15, 0.2) is 52.9 Å². The van der Waals surface area contributed by atoms with Gasteiger partial charge in [-0.3, -0.25) is 10.1 Å². The van der Waals surface area contributed by atoms with Crippen molar-refractivity contribution in [3.05, 3.63) is 71.0 Å². The van der Waals surface area contributed by atoms with Crippen molar-refractivity contribution in [3.8, 4) is 0 Å². The van der Waals surface area contributed by atoms with Gasteiger partial charge in [0.05, 0.1) is 0 Å². The number of benzene rings is 2. The van der Waals surface area contributed by atoms with Crippen molar-refractivity contribution < 1.29 is 17.6 Å². The summed E-state index contributed by atoms with van der Waals surface area (Å²) < 4.78 is 39.7. The minimum atomic E-state index is -3.86. The molecule has 28 heavy (non-hydrogen) atoms. The van der Waals surface area contributed by atoms with Gasteiger partial charge >= 0.3 is 0 Å². The van der Waals surface area contributed by atoms with Crippen molar-refractivity contribution in [2.24, 2.45) is 0 Å². The number of halogens is 1. The van der Waals surface area contributed by atoms with E-state index < -0.39 is 15.9 Å². The van der Waals surface area contributed by atoms with Crippen LogP contribution in [0.5, 0.6) is 0 Å². The van der Waals surface area contributed by atoms with Gasteiger partial charge in [-0.2, -0.15) is 0 Å². The van der Waals surface area contributed by atoms with Gasteiger partial charge in [0.15, 0.2) is 0 Å². The summed E-state index contributed by atoms with van der Waals surface area (Å²) in [4.78, 5) is 12.2. The number of nitrogens with zero attached hydrogens (tertiary/aromatic N) is 2. The number of hydrogen-bond donors (Lipinski definition) is 2. The molecule has 1 amide bonds. The molecule has 0 fully saturated rings. The summed E-state index contributed by atoms with van der Waals surface area (Å²) in [6.07, 6.45) is 0.398. The molecule has 2 N–H and O–H groups in total. The molecule has 0 saturated carbocycles. The first-order chi connectivity index (χ1) is 13.3. The van der Waals surface area contributed by atoms with Crippen LogP contribution in [-0.2, 0) is 16.4 Å². The van der Waals surface area contributed by atoms with Crippen LogP contribution < -0.4 is 10.0 Å². The first-order valence-electron chi connectivity index (χ1n) is 8.29. The van der Waals surface area contributed by atoms with Crippen LogP contribution in [0.1, 0.15) is 21.5 Å². The molecule has 7 nitrogen and oxygen atoms in total. The van der Waals surface area contributed by atoms with Crippen LogP contribution >= 0.6 is 11.3 Å². The molecule has 3 rings (SSSR count). The Balaban J connectivity index is 1.60. The number of amides is 1. The lowest BCUT2D eigenvalue weighted by Crippen LogP contribution is -2.25. The first kappa shape index (κ1) is 20.1.